The minimum Gasteiger partial charge on any atom is -0.334 e. The van der Waals surface area contributed by atoms with Gasteiger partial charge in [-0.1, -0.05) is 24.3 Å². The molecule has 1 saturated heterocycles. The molecule has 1 heterocycles. The van der Waals surface area contributed by atoms with Crippen LogP contribution in [0.2, 0.25) is 0 Å². The van der Waals surface area contributed by atoms with Gasteiger partial charge in [0.25, 0.3) is 5.91 Å². The monoisotopic (exact) mass is 400 g/mol. The summed E-state index contributed by atoms with van der Waals surface area (Å²) < 4.78 is 13.2. The molecule has 0 bridgehead atoms. The first-order valence-corrected chi connectivity index (χ1v) is 10.5. The van der Waals surface area contributed by atoms with Crippen LogP contribution in [0.15, 0.2) is 48.5 Å². The third-order valence-electron chi connectivity index (χ3n) is 4.98. The van der Waals surface area contributed by atoms with Crippen molar-refractivity contribution in [3.8, 4) is 0 Å². The van der Waals surface area contributed by atoms with Gasteiger partial charge in [0.05, 0.1) is 5.75 Å². The van der Waals surface area contributed by atoms with E-state index in [1.807, 2.05) is 30.9 Å². The van der Waals surface area contributed by atoms with Gasteiger partial charge in [-0.25, -0.2) is 4.39 Å². The fraction of sp³-hybridized carbons (Fsp3) is 0.364. The Bertz CT molecular complexity index is 854. The first-order valence-electron chi connectivity index (χ1n) is 9.41. The fourth-order valence-corrected chi connectivity index (χ4v) is 4.70. The van der Waals surface area contributed by atoms with Crippen LogP contribution in [0.3, 0.4) is 0 Å². The van der Waals surface area contributed by atoms with E-state index < -0.39 is 0 Å². The van der Waals surface area contributed by atoms with Gasteiger partial charge in [0, 0.05) is 24.7 Å². The van der Waals surface area contributed by atoms with E-state index in [1.54, 1.807) is 16.7 Å². The minimum atomic E-state index is -0.367. The van der Waals surface area contributed by atoms with E-state index in [9.17, 15) is 14.0 Å². The summed E-state index contributed by atoms with van der Waals surface area (Å²) in [7, 11) is 0. The second-order valence-electron chi connectivity index (χ2n) is 7.21. The molecule has 3 rings (SSSR count). The Morgan fingerprint density at radius 2 is 1.89 bits per heavy atom. The highest BCUT2D eigenvalue weighted by Crippen LogP contribution is 2.39. The molecule has 0 N–H and O–H groups in total. The van der Waals surface area contributed by atoms with Gasteiger partial charge in [0.1, 0.15) is 11.2 Å². The maximum absolute atomic E-state index is 13.2. The SMILES string of the molecule is Cc1ccccc1C1SCC(=O)N1CCN(C(=O)c1ccc(F)cc1)C(C)C. The molecule has 28 heavy (non-hydrogen) atoms. The topological polar surface area (TPSA) is 40.6 Å². The van der Waals surface area contributed by atoms with Gasteiger partial charge < -0.3 is 9.80 Å². The van der Waals surface area contributed by atoms with E-state index in [1.165, 1.54) is 24.3 Å². The van der Waals surface area contributed by atoms with Gasteiger partial charge in [-0.05, 0) is 56.2 Å². The van der Waals surface area contributed by atoms with Crippen molar-refractivity contribution in [2.75, 3.05) is 18.8 Å². The Morgan fingerprint density at radius 1 is 1.21 bits per heavy atom. The molecule has 148 valence electrons. The molecule has 2 aromatic carbocycles. The van der Waals surface area contributed by atoms with Crippen LogP contribution >= 0.6 is 11.8 Å². The molecule has 1 aliphatic heterocycles. The summed E-state index contributed by atoms with van der Waals surface area (Å²) in [6.45, 7) is 6.84. The molecule has 4 nitrogen and oxygen atoms in total. The Hall–Kier alpha value is -2.34. The predicted molar refractivity (Wildman–Crippen MR) is 111 cm³/mol. The third kappa shape index (κ3) is 4.38. The van der Waals surface area contributed by atoms with Gasteiger partial charge >= 0.3 is 0 Å². The van der Waals surface area contributed by atoms with Crippen LogP contribution in [0.1, 0.15) is 40.7 Å². The highest BCUT2D eigenvalue weighted by molar-refractivity contribution is 8.00. The van der Waals surface area contributed by atoms with Crippen LogP contribution in [-0.4, -0.2) is 46.5 Å². The molecule has 0 radical (unpaired) electrons. The Kier molecular flexibility index (Phi) is 6.39. The summed E-state index contributed by atoms with van der Waals surface area (Å²) in [6, 6.07) is 13.6. The lowest BCUT2D eigenvalue weighted by molar-refractivity contribution is -0.128. The Balaban J connectivity index is 1.75. The predicted octanol–water partition coefficient (Wildman–Crippen LogP) is 4.26. The molecule has 2 aromatic rings. The second kappa shape index (κ2) is 8.78. The first-order chi connectivity index (χ1) is 13.4. The number of nitrogens with zero attached hydrogens (tertiary/aromatic N) is 2. The number of amides is 2. The van der Waals surface area contributed by atoms with Crippen molar-refractivity contribution in [2.45, 2.75) is 32.2 Å². The van der Waals surface area contributed by atoms with E-state index in [0.717, 1.165) is 11.1 Å². The van der Waals surface area contributed by atoms with Gasteiger partial charge in [-0.2, -0.15) is 0 Å². The molecule has 0 saturated carbocycles. The largest absolute Gasteiger partial charge is 0.334 e. The van der Waals surface area contributed by atoms with Crippen LogP contribution in [0.5, 0.6) is 0 Å². The van der Waals surface area contributed by atoms with E-state index in [0.29, 0.717) is 24.4 Å². The van der Waals surface area contributed by atoms with Gasteiger partial charge in [-0.3, -0.25) is 9.59 Å². The van der Waals surface area contributed by atoms with Gasteiger partial charge in [-0.15, -0.1) is 11.8 Å². The summed E-state index contributed by atoms with van der Waals surface area (Å²) in [5.41, 5.74) is 2.75. The molecule has 6 heteroatoms. The summed E-state index contributed by atoms with van der Waals surface area (Å²) in [5.74, 6) is 0.0263. The lowest BCUT2D eigenvalue weighted by Crippen LogP contribution is -2.43. The van der Waals surface area contributed by atoms with E-state index in [-0.39, 0.29) is 29.0 Å². The molecule has 0 spiro atoms. The normalized spacial score (nSPS) is 16.7. The van der Waals surface area contributed by atoms with Crippen LogP contribution in [-0.2, 0) is 4.79 Å². The molecule has 1 atom stereocenters. The lowest BCUT2D eigenvalue weighted by Gasteiger charge is -2.31. The van der Waals surface area contributed by atoms with Crippen LogP contribution < -0.4 is 0 Å². The highest BCUT2D eigenvalue weighted by atomic mass is 32.2. The molecule has 0 aromatic heterocycles. The Labute approximate surface area is 169 Å². The minimum absolute atomic E-state index is 0.0244. The molecular formula is C22H25FN2O2S. The second-order valence-corrected chi connectivity index (χ2v) is 8.27. The zero-order valence-electron chi connectivity index (χ0n) is 16.4. The summed E-state index contributed by atoms with van der Waals surface area (Å²) in [6.07, 6.45) is 0. The number of thioether (sulfide) groups is 1. The summed E-state index contributed by atoms with van der Waals surface area (Å²) in [5, 5.41) is -0.0244. The van der Waals surface area contributed by atoms with E-state index in [2.05, 4.69) is 19.1 Å². The zero-order chi connectivity index (χ0) is 20.3. The summed E-state index contributed by atoms with van der Waals surface area (Å²) in [4.78, 5) is 29.0. The molecule has 1 aliphatic rings. The number of rotatable bonds is 6. The fourth-order valence-electron chi connectivity index (χ4n) is 3.39. The lowest BCUT2D eigenvalue weighted by atomic mass is 10.1. The Morgan fingerprint density at radius 3 is 2.54 bits per heavy atom. The number of halogens is 1. The van der Waals surface area contributed by atoms with Crippen molar-refractivity contribution < 1.29 is 14.0 Å². The number of benzene rings is 2. The molecule has 1 fully saturated rings. The average molecular weight is 401 g/mol. The maximum atomic E-state index is 13.2. The smallest absolute Gasteiger partial charge is 0.254 e. The maximum Gasteiger partial charge on any atom is 0.254 e. The number of carbonyl (C=O) groups excluding carboxylic acids is 2. The van der Waals surface area contributed by atoms with Crippen LogP contribution in [0.4, 0.5) is 4.39 Å². The van der Waals surface area contributed by atoms with Crippen molar-refractivity contribution >= 4 is 23.6 Å². The third-order valence-corrected chi connectivity index (χ3v) is 6.22. The van der Waals surface area contributed by atoms with Crippen molar-refractivity contribution in [3.63, 3.8) is 0 Å². The standard InChI is InChI=1S/C22H25FN2O2S/c1-15(2)24(21(27)17-8-10-18(23)11-9-17)12-13-25-20(26)14-28-22(25)19-7-5-4-6-16(19)3/h4-11,15,22H,12-14H2,1-3H3. The van der Waals surface area contributed by atoms with Crippen molar-refractivity contribution in [3.05, 3.63) is 71.0 Å². The van der Waals surface area contributed by atoms with Crippen molar-refractivity contribution in [1.29, 1.82) is 0 Å². The van der Waals surface area contributed by atoms with Crippen LogP contribution in [0, 0.1) is 12.7 Å². The molecule has 0 aliphatic carbocycles. The molecular weight excluding hydrogens is 375 g/mol. The first kappa shape index (κ1) is 20.4. The number of carbonyl (C=O) groups is 2. The van der Waals surface area contributed by atoms with Crippen LogP contribution in [0.25, 0.3) is 0 Å². The highest BCUT2D eigenvalue weighted by Gasteiger charge is 2.34. The van der Waals surface area contributed by atoms with Crippen molar-refractivity contribution in [1.82, 2.24) is 9.80 Å². The number of aryl methyl sites for hydroxylation is 1. The quantitative estimate of drug-likeness (QED) is 0.728. The molecule has 2 amide bonds. The van der Waals surface area contributed by atoms with E-state index >= 15 is 0 Å². The van der Waals surface area contributed by atoms with Gasteiger partial charge in [0.2, 0.25) is 5.91 Å². The number of hydrogen-bond acceptors (Lipinski definition) is 3. The van der Waals surface area contributed by atoms with Gasteiger partial charge in [0.15, 0.2) is 0 Å². The van der Waals surface area contributed by atoms with Crippen molar-refractivity contribution in [2.24, 2.45) is 0 Å². The zero-order valence-corrected chi connectivity index (χ0v) is 17.2. The summed E-state index contributed by atoms with van der Waals surface area (Å²) >= 11 is 1.62. The van der Waals surface area contributed by atoms with E-state index in [4.69, 9.17) is 0 Å². The number of hydrogen-bond donors (Lipinski definition) is 0. The average Bonchev–Trinajstić information content (AvgIpc) is 3.03. The molecule has 1 unspecified atom stereocenters.